The highest BCUT2D eigenvalue weighted by Crippen LogP contribution is 2.12. The van der Waals surface area contributed by atoms with Crippen LogP contribution in [0.1, 0.15) is 11.7 Å². The first kappa shape index (κ1) is 13.1. The average Bonchev–Trinajstić information content (AvgIpc) is 2.81. The number of nitrogens with one attached hydrogen (secondary N) is 2. The van der Waals surface area contributed by atoms with Crippen LogP contribution in [-0.2, 0) is 6.54 Å². The Labute approximate surface area is 111 Å². The minimum Gasteiger partial charge on any atom is -0.444 e. The normalized spacial score (nSPS) is 10.3. The van der Waals surface area contributed by atoms with Gasteiger partial charge < -0.3 is 20.0 Å². The molecule has 0 unspecified atom stereocenters. The average molecular weight is 263 g/mol. The van der Waals surface area contributed by atoms with Crippen LogP contribution in [0.2, 0.25) is 0 Å². The van der Waals surface area contributed by atoms with E-state index in [0.717, 1.165) is 5.76 Å². The molecule has 8 heteroatoms. The lowest BCUT2D eigenvalue weighted by atomic mass is 10.6. The van der Waals surface area contributed by atoms with Crippen LogP contribution in [0.15, 0.2) is 10.6 Å². The molecule has 2 N–H and O–H groups in total. The Balaban J connectivity index is 2.12. The summed E-state index contributed by atoms with van der Waals surface area (Å²) in [6, 6.07) is 0. The van der Waals surface area contributed by atoms with Gasteiger partial charge in [-0.15, -0.1) is 0 Å². The summed E-state index contributed by atoms with van der Waals surface area (Å²) in [4.78, 5) is 18.6. The first-order valence-corrected chi connectivity index (χ1v) is 5.85. The van der Waals surface area contributed by atoms with Crippen LogP contribution < -0.4 is 15.5 Å². The molecule has 2 aromatic heterocycles. The number of rotatable bonds is 5. The molecule has 0 aliphatic heterocycles. The van der Waals surface area contributed by atoms with Crippen LogP contribution in [-0.4, -0.2) is 41.1 Å². The highest BCUT2D eigenvalue weighted by atomic mass is 16.4. The lowest BCUT2D eigenvalue weighted by Crippen LogP contribution is -2.16. The molecule has 0 aliphatic rings. The molecule has 102 valence electrons. The van der Waals surface area contributed by atoms with Crippen LogP contribution in [0.4, 0.5) is 17.8 Å². The lowest BCUT2D eigenvalue weighted by Gasteiger charge is -2.12. The molecule has 0 saturated carbocycles. The van der Waals surface area contributed by atoms with Crippen molar-refractivity contribution < 1.29 is 4.42 Å². The van der Waals surface area contributed by atoms with Crippen molar-refractivity contribution in [2.45, 2.75) is 13.5 Å². The van der Waals surface area contributed by atoms with Gasteiger partial charge >= 0.3 is 0 Å². The molecule has 0 atom stereocenters. The van der Waals surface area contributed by atoms with Gasteiger partial charge in [0.2, 0.25) is 23.7 Å². The molecular weight excluding hydrogens is 246 g/mol. The van der Waals surface area contributed by atoms with E-state index in [1.165, 1.54) is 0 Å². The zero-order valence-electron chi connectivity index (χ0n) is 11.4. The van der Waals surface area contributed by atoms with Crippen LogP contribution in [0.5, 0.6) is 0 Å². The summed E-state index contributed by atoms with van der Waals surface area (Å²) in [7, 11) is 5.50. The second-order valence-electron chi connectivity index (χ2n) is 4.15. The van der Waals surface area contributed by atoms with E-state index in [1.54, 1.807) is 13.2 Å². The number of oxazole rings is 1. The second kappa shape index (κ2) is 5.51. The number of aromatic nitrogens is 4. The fourth-order valence-corrected chi connectivity index (χ4v) is 1.39. The zero-order chi connectivity index (χ0) is 13.8. The Hall–Kier alpha value is -2.38. The summed E-state index contributed by atoms with van der Waals surface area (Å²) in [5, 5.41) is 5.96. The standard InChI is InChI=1S/C11H17N7O/c1-7-5-13-8(19-7)6-14-10-15-9(12-2)16-11(17-10)18(3)4/h5H,6H2,1-4H3,(H2,12,14,15,16,17). The summed E-state index contributed by atoms with van der Waals surface area (Å²) in [5.74, 6) is 2.92. The molecule has 2 heterocycles. The van der Waals surface area contributed by atoms with Crippen molar-refractivity contribution in [1.82, 2.24) is 19.9 Å². The highest BCUT2D eigenvalue weighted by molar-refractivity contribution is 5.42. The van der Waals surface area contributed by atoms with E-state index < -0.39 is 0 Å². The van der Waals surface area contributed by atoms with Crippen molar-refractivity contribution in [3.63, 3.8) is 0 Å². The Morgan fingerprint density at radius 1 is 1.21 bits per heavy atom. The van der Waals surface area contributed by atoms with E-state index in [9.17, 15) is 0 Å². The maximum atomic E-state index is 5.37. The van der Waals surface area contributed by atoms with Crippen molar-refractivity contribution in [1.29, 1.82) is 0 Å². The van der Waals surface area contributed by atoms with Gasteiger partial charge in [-0.25, -0.2) is 4.98 Å². The van der Waals surface area contributed by atoms with Crippen LogP contribution in [0.3, 0.4) is 0 Å². The molecule has 0 amide bonds. The van der Waals surface area contributed by atoms with E-state index >= 15 is 0 Å². The van der Waals surface area contributed by atoms with Gasteiger partial charge in [-0.1, -0.05) is 0 Å². The molecule has 0 spiro atoms. The van der Waals surface area contributed by atoms with Crippen molar-refractivity contribution in [3.8, 4) is 0 Å². The molecular formula is C11H17N7O. The van der Waals surface area contributed by atoms with Crippen molar-refractivity contribution in [2.75, 3.05) is 36.7 Å². The van der Waals surface area contributed by atoms with E-state index in [2.05, 4.69) is 30.6 Å². The van der Waals surface area contributed by atoms with Gasteiger partial charge in [0.25, 0.3) is 0 Å². The molecule has 0 radical (unpaired) electrons. The van der Waals surface area contributed by atoms with Gasteiger partial charge in [0.15, 0.2) is 0 Å². The number of aryl methyl sites for hydroxylation is 1. The predicted octanol–water partition coefficient (Wildman–Crippen LogP) is 0.888. The predicted molar refractivity (Wildman–Crippen MR) is 72.3 cm³/mol. The topological polar surface area (TPSA) is 92.0 Å². The quantitative estimate of drug-likeness (QED) is 0.821. The van der Waals surface area contributed by atoms with Gasteiger partial charge in [-0.3, -0.25) is 0 Å². The number of hydrogen-bond donors (Lipinski definition) is 2. The van der Waals surface area contributed by atoms with E-state index in [-0.39, 0.29) is 0 Å². The molecule has 2 aromatic rings. The maximum absolute atomic E-state index is 5.37. The number of nitrogens with zero attached hydrogens (tertiary/aromatic N) is 5. The Morgan fingerprint density at radius 3 is 2.53 bits per heavy atom. The van der Waals surface area contributed by atoms with Gasteiger partial charge in [-0.2, -0.15) is 15.0 Å². The third kappa shape index (κ3) is 3.30. The second-order valence-corrected chi connectivity index (χ2v) is 4.15. The third-order valence-electron chi connectivity index (χ3n) is 2.31. The van der Waals surface area contributed by atoms with Crippen LogP contribution in [0.25, 0.3) is 0 Å². The fourth-order valence-electron chi connectivity index (χ4n) is 1.39. The van der Waals surface area contributed by atoms with Crippen molar-refractivity contribution in [2.24, 2.45) is 0 Å². The van der Waals surface area contributed by atoms with E-state index in [0.29, 0.717) is 30.3 Å². The number of hydrogen-bond acceptors (Lipinski definition) is 8. The van der Waals surface area contributed by atoms with Gasteiger partial charge in [0, 0.05) is 21.1 Å². The third-order valence-corrected chi connectivity index (χ3v) is 2.31. The molecule has 0 bridgehead atoms. The zero-order valence-corrected chi connectivity index (χ0v) is 11.4. The monoisotopic (exact) mass is 263 g/mol. The first-order valence-electron chi connectivity index (χ1n) is 5.85. The summed E-state index contributed by atoms with van der Waals surface area (Å²) >= 11 is 0. The number of anilines is 3. The van der Waals surface area contributed by atoms with Crippen molar-refractivity contribution in [3.05, 3.63) is 17.8 Å². The SMILES string of the molecule is CNc1nc(NCc2ncc(C)o2)nc(N(C)C)n1. The molecule has 8 nitrogen and oxygen atoms in total. The summed E-state index contributed by atoms with van der Waals surface area (Å²) in [6.45, 7) is 2.27. The molecule has 0 saturated heterocycles. The van der Waals surface area contributed by atoms with Gasteiger partial charge in [-0.05, 0) is 6.92 Å². The molecule has 0 aliphatic carbocycles. The Kier molecular flexibility index (Phi) is 3.79. The van der Waals surface area contributed by atoms with Crippen LogP contribution in [0, 0.1) is 6.92 Å². The largest absolute Gasteiger partial charge is 0.444 e. The van der Waals surface area contributed by atoms with Gasteiger partial charge in [0.1, 0.15) is 5.76 Å². The highest BCUT2D eigenvalue weighted by Gasteiger charge is 2.08. The first-order chi connectivity index (χ1) is 9.08. The molecule has 19 heavy (non-hydrogen) atoms. The van der Waals surface area contributed by atoms with E-state index in [1.807, 2.05) is 25.9 Å². The molecule has 2 rings (SSSR count). The van der Waals surface area contributed by atoms with Gasteiger partial charge in [0.05, 0.1) is 12.7 Å². The molecule has 0 fully saturated rings. The summed E-state index contributed by atoms with van der Waals surface area (Å²) in [6.07, 6.45) is 1.68. The summed E-state index contributed by atoms with van der Waals surface area (Å²) < 4.78 is 5.37. The van der Waals surface area contributed by atoms with Crippen LogP contribution >= 0.6 is 0 Å². The molecule has 0 aromatic carbocycles. The Bertz CT molecular complexity index is 552. The summed E-state index contributed by atoms with van der Waals surface area (Å²) in [5.41, 5.74) is 0. The Morgan fingerprint density at radius 2 is 1.95 bits per heavy atom. The smallest absolute Gasteiger partial charge is 0.231 e. The minimum atomic E-state index is 0.424. The minimum absolute atomic E-state index is 0.424. The fraction of sp³-hybridized carbons (Fsp3) is 0.455. The van der Waals surface area contributed by atoms with Crippen molar-refractivity contribution >= 4 is 17.8 Å². The van der Waals surface area contributed by atoms with E-state index in [4.69, 9.17) is 4.42 Å². The maximum Gasteiger partial charge on any atom is 0.231 e. The lowest BCUT2D eigenvalue weighted by molar-refractivity contribution is 0.478.